The lowest BCUT2D eigenvalue weighted by Gasteiger charge is -2.11. The minimum Gasteiger partial charge on any atom is -0.359 e. The zero-order chi connectivity index (χ0) is 12.1. The molecule has 0 aliphatic carbocycles. The van der Waals surface area contributed by atoms with Crippen molar-refractivity contribution >= 4 is 33.8 Å². The van der Waals surface area contributed by atoms with Crippen LogP contribution < -0.4 is 10.6 Å². The Kier molecular flexibility index (Phi) is 3.67. The van der Waals surface area contributed by atoms with Crippen molar-refractivity contribution in [2.45, 2.75) is 0 Å². The third kappa shape index (κ3) is 2.79. The monoisotopic (exact) mass is 243 g/mol. The highest BCUT2D eigenvalue weighted by atomic mass is 32.1. The minimum atomic E-state index is 0.592. The first-order chi connectivity index (χ1) is 8.31. The van der Waals surface area contributed by atoms with Crippen molar-refractivity contribution in [2.24, 2.45) is 0 Å². The average molecular weight is 243 g/mol. The van der Waals surface area contributed by atoms with Gasteiger partial charge in [0, 0.05) is 35.4 Å². The molecule has 17 heavy (non-hydrogen) atoms. The average Bonchev–Trinajstić information content (AvgIpc) is 2.37. The first-order valence-electron chi connectivity index (χ1n) is 5.30. The summed E-state index contributed by atoms with van der Waals surface area (Å²) in [6.45, 7) is 4.28. The van der Waals surface area contributed by atoms with Gasteiger partial charge in [-0.15, -0.1) is 6.58 Å². The van der Waals surface area contributed by atoms with Crippen molar-refractivity contribution < 1.29 is 0 Å². The van der Waals surface area contributed by atoms with Gasteiger partial charge in [0.25, 0.3) is 0 Å². The Balaban J connectivity index is 2.23. The van der Waals surface area contributed by atoms with E-state index in [1.165, 1.54) is 0 Å². The first kappa shape index (κ1) is 11.5. The zero-order valence-corrected chi connectivity index (χ0v) is 10.1. The van der Waals surface area contributed by atoms with Crippen molar-refractivity contribution in [1.82, 2.24) is 10.3 Å². The smallest absolute Gasteiger partial charge is 0.171 e. The van der Waals surface area contributed by atoms with Crippen molar-refractivity contribution in [3.8, 4) is 0 Å². The van der Waals surface area contributed by atoms with Crippen LogP contribution in [-0.4, -0.2) is 16.6 Å². The molecule has 0 fully saturated rings. The van der Waals surface area contributed by atoms with Crippen LogP contribution in [0.4, 0.5) is 5.69 Å². The maximum absolute atomic E-state index is 5.18. The highest BCUT2D eigenvalue weighted by Gasteiger charge is 2.01. The molecule has 0 atom stereocenters. The summed E-state index contributed by atoms with van der Waals surface area (Å²) in [7, 11) is 0. The summed E-state index contributed by atoms with van der Waals surface area (Å²) in [5.74, 6) is 0. The molecule has 1 aromatic carbocycles. The number of nitrogens with one attached hydrogen (secondary N) is 2. The van der Waals surface area contributed by atoms with Gasteiger partial charge < -0.3 is 10.6 Å². The second-order valence-electron chi connectivity index (χ2n) is 3.53. The van der Waals surface area contributed by atoms with E-state index in [0.29, 0.717) is 11.7 Å². The predicted octanol–water partition coefficient (Wildman–Crippen LogP) is 2.71. The summed E-state index contributed by atoms with van der Waals surface area (Å²) in [6.07, 6.45) is 5.37. The number of fused-ring (bicyclic) bond motifs is 1. The SMILES string of the molecule is C=CCNC(=S)Nc1cccc2cnccc12. The molecule has 0 saturated heterocycles. The normalized spacial score (nSPS) is 9.88. The van der Waals surface area contributed by atoms with Crippen LogP contribution in [0.15, 0.2) is 49.3 Å². The molecule has 2 N–H and O–H groups in total. The van der Waals surface area contributed by atoms with Crippen LogP contribution in [0, 0.1) is 0 Å². The van der Waals surface area contributed by atoms with Crippen LogP contribution in [0.3, 0.4) is 0 Å². The molecule has 1 heterocycles. The van der Waals surface area contributed by atoms with Gasteiger partial charge in [-0.2, -0.15) is 0 Å². The molecule has 0 radical (unpaired) electrons. The van der Waals surface area contributed by atoms with Crippen LogP contribution in [0.5, 0.6) is 0 Å². The van der Waals surface area contributed by atoms with Gasteiger partial charge in [-0.25, -0.2) is 0 Å². The van der Waals surface area contributed by atoms with Crippen LogP contribution in [0.2, 0.25) is 0 Å². The van der Waals surface area contributed by atoms with Gasteiger partial charge in [0.05, 0.1) is 0 Å². The van der Waals surface area contributed by atoms with E-state index in [-0.39, 0.29) is 0 Å². The molecule has 0 amide bonds. The Morgan fingerprint density at radius 3 is 3.12 bits per heavy atom. The Bertz CT molecular complexity index is 546. The molecule has 0 unspecified atom stereocenters. The van der Waals surface area contributed by atoms with E-state index in [1.807, 2.05) is 30.5 Å². The summed E-state index contributed by atoms with van der Waals surface area (Å²) in [5, 5.41) is 8.98. The summed E-state index contributed by atoms with van der Waals surface area (Å²) in [6, 6.07) is 7.95. The fourth-order valence-electron chi connectivity index (χ4n) is 1.56. The van der Waals surface area contributed by atoms with Gasteiger partial charge in [0.2, 0.25) is 0 Å². The fourth-order valence-corrected chi connectivity index (χ4v) is 1.76. The highest BCUT2D eigenvalue weighted by molar-refractivity contribution is 7.80. The first-order valence-corrected chi connectivity index (χ1v) is 5.70. The molecule has 2 aromatic rings. The van der Waals surface area contributed by atoms with Crippen LogP contribution in [0.1, 0.15) is 0 Å². The van der Waals surface area contributed by atoms with E-state index >= 15 is 0 Å². The molecule has 0 bridgehead atoms. The summed E-state index contributed by atoms with van der Waals surface area (Å²) in [4.78, 5) is 4.09. The Morgan fingerprint density at radius 2 is 2.29 bits per heavy atom. The number of pyridine rings is 1. The molecule has 0 spiro atoms. The van der Waals surface area contributed by atoms with Crippen LogP contribution >= 0.6 is 12.2 Å². The van der Waals surface area contributed by atoms with Gasteiger partial charge in [0.15, 0.2) is 5.11 Å². The van der Waals surface area contributed by atoms with Gasteiger partial charge in [-0.05, 0) is 24.4 Å². The third-order valence-electron chi connectivity index (χ3n) is 2.34. The number of hydrogen-bond acceptors (Lipinski definition) is 2. The molecule has 86 valence electrons. The van der Waals surface area contributed by atoms with E-state index in [9.17, 15) is 0 Å². The number of anilines is 1. The molecule has 4 heteroatoms. The fraction of sp³-hybridized carbons (Fsp3) is 0.0769. The van der Waals surface area contributed by atoms with Gasteiger partial charge in [-0.1, -0.05) is 18.2 Å². The van der Waals surface area contributed by atoms with Crippen LogP contribution in [-0.2, 0) is 0 Å². The van der Waals surface area contributed by atoms with Crippen LogP contribution in [0.25, 0.3) is 10.8 Å². The maximum Gasteiger partial charge on any atom is 0.171 e. The van der Waals surface area contributed by atoms with Gasteiger partial charge >= 0.3 is 0 Å². The summed E-state index contributed by atoms with van der Waals surface area (Å²) in [5.41, 5.74) is 0.978. The number of benzene rings is 1. The highest BCUT2D eigenvalue weighted by Crippen LogP contribution is 2.21. The topological polar surface area (TPSA) is 37.0 Å². The molecule has 1 aromatic heterocycles. The second-order valence-corrected chi connectivity index (χ2v) is 3.93. The molecule has 3 nitrogen and oxygen atoms in total. The number of hydrogen-bond donors (Lipinski definition) is 2. The zero-order valence-electron chi connectivity index (χ0n) is 9.31. The second kappa shape index (κ2) is 5.41. The molecule has 0 aliphatic heterocycles. The molecule has 0 aliphatic rings. The summed E-state index contributed by atoms with van der Waals surface area (Å²) < 4.78 is 0. The Labute approximate surface area is 106 Å². The maximum atomic E-state index is 5.18. The largest absolute Gasteiger partial charge is 0.359 e. The number of aromatic nitrogens is 1. The molecule has 2 rings (SSSR count). The van der Waals surface area contributed by atoms with Crippen molar-refractivity contribution in [2.75, 3.05) is 11.9 Å². The predicted molar refractivity (Wildman–Crippen MR) is 76.2 cm³/mol. The number of rotatable bonds is 3. The van der Waals surface area contributed by atoms with Gasteiger partial charge in [-0.3, -0.25) is 4.98 Å². The summed E-state index contributed by atoms with van der Waals surface area (Å²) >= 11 is 5.18. The van der Waals surface area contributed by atoms with E-state index in [2.05, 4.69) is 22.2 Å². The van der Waals surface area contributed by atoms with E-state index in [1.54, 1.807) is 12.3 Å². The lowest BCUT2D eigenvalue weighted by atomic mass is 10.1. The Hall–Kier alpha value is -1.94. The van der Waals surface area contributed by atoms with Crippen molar-refractivity contribution in [1.29, 1.82) is 0 Å². The molecular weight excluding hydrogens is 230 g/mol. The lowest BCUT2D eigenvalue weighted by Crippen LogP contribution is -2.28. The Morgan fingerprint density at radius 1 is 1.41 bits per heavy atom. The quantitative estimate of drug-likeness (QED) is 0.642. The number of nitrogens with zero attached hydrogens (tertiary/aromatic N) is 1. The van der Waals surface area contributed by atoms with E-state index in [0.717, 1.165) is 16.5 Å². The van der Waals surface area contributed by atoms with E-state index in [4.69, 9.17) is 12.2 Å². The lowest BCUT2D eigenvalue weighted by molar-refractivity contribution is 1.06. The third-order valence-corrected chi connectivity index (χ3v) is 2.58. The van der Waals surface area contributed by atoms with Crippen molar-refractivity contribution in [3.63, 3.8) is 0 Å². The van der Waals surface area contributed by atoms with E-state index < -0.39 is 0 Å². The van der Waals surface area contributed by atoms with Crippen molar-refractivity contribution in [3.05, 3.63) is 49.3 Å². The number of thiocarbonyl (C=S) groups is 1. The molecule has 0 saturated carbocycles. The standard InChI is InChI=1S/C13H13N3S/c1-2-7-15-13(17)16-12-5-3-4-10-9-14-8-6-11(10)12/h2-6,8-9H,1,7H2,(H2,15,16,17). The minimum absolute atomic E-state index is 0.592. The molecular formula is C13H13N3S. The van der Waals surface area contributed by atoms with Gasteiger partial charge in [0.1, 0.15) is 0 Å².